The van der Waals surface area contributed by atoms with Crippen LogP contribution in [0.5, 0.6) is 5.75 Å². The number of anilines is 1. The minimum absolute atomic E-state index is 0.0207. The van der Waals surface area contributed by atoms with Gasteiger partial charge in [-0.2, -0.15) is 0 Å². The first-order valence-corrected chi connectivity index (χ1v) is 12.6. The number of nitrogens with one attached hydrogen (secondary N) is 2. The molecular formula is C30H33N3O4. The zero-order valence-corrected chi connectivity index (χ0v) is 21.7. The highest BCUT2D eigenvalue weighted by atomic mass is 16.5. The van der Waals surface area contributed by atoms with Crippen molar-refractivity contribution in [2.24, 2.45) is 11.3 Å². The molecular weight excluding hydrogens is 466 g/mol. The number of rotatable bonds is 9. The molecule has 2 aromatic carbocycles. The Morgan fingerprint density at radius 2 is 1.84 bits per heavy atom. The number of benzene rings is 2. The molecule has 0 saturated heterocycles. The maximum absolute atomic E-state index is 13.6. The van der Waals surface area contributed by atoms with Crippen molar-refractivity contribution < 1.29 is 18.7 Å². The smallest absolute Gasteiger partial charge is 0.244 e. The van der Waals surface area contributed by atoms with Crippen molar-refractivity contribution in [1.82, 2.24) is 9.88 Å². The lowest BCUT2D eigenvalue weighted by molar-refractivity contribution is -0.136. The first kappa shape index (κ1) is 24.7. The van der Waals surface area contributed by atoms with E-state index in [1.165, 1.54) is 10.9 Å². The van der Waals surface area contributed by atoms with Crippen LogP contribution in [0.2, 0.25) is 0 Å². The van der Waals surface area contributed by atoms with Crippen LogP contribution < -0.4 is 10.1 Å². The van der Waals surface area contributed by atoms with Crippen LogP contribution in [0.3, 0.4) is 0 Å². The van der Waals surface area contributed by atoms with Gasteiger partial charge in [0, 0.05) is 28.7 Å². The fourth-order valence-electron chi connectivity index (χ4n) is 5.59. The average molecular weight is 500 g/mol. The summed E-state index contributed by atoms with van der Waals surface area (Å²) >= 11 is 0. The maximum Gasteiger partial charge on any atom is 0.244 e. The van der Waals surface area contributed by atoms with Gasteiger partial charge in [0.25, 0.3) is 0 Å². The van der Waals surface area contributed by atoms with E-state index >= 15 is 0 Å². The number of amides is 2. The Hall–Kier alpha value is -4.00. The second kappa shape index (κ2) is 9.81. The van der Waals surface area contributed by atoms with E-state index in [1.807, 2.05) is 12.1 Å². The molecule has 1 saturated carbocycles. The molecule has 1 fully saturated rings. The van der Waals surface area contributed by atoms with Gasteiger partial charge in [-0.15, -0.1) is 0 Å². The van der Waals surface area contributed by atoms with E-state index in [9.17, 15) is 9.59 Å². The molecule has 192 valence electrons. The van der Waals surface area contributed by atoms with Gasteiger partial charge in [-0.3, -0.25) is 9.59 Å². The fraction of sp³-hybridized carbons (Fsp3) is 0.333. The number of aromatic amines is 1. The molecule has 7 nitrogen and oxygen atoms in total. The summed E-state index contributed by atoms with van der Waals surface area (Å²) < 4.78 is 10.7. The van der Waals surface area contributed by atoms with E-state index in [-0.39, 0.29) is 42.2 Å². The van der Waals surface area contributed by atoms with Crippen molar-refractivity contribution in [3.05, 3.63) is 83.9 Å². The average Bonchev–Trinajstić information content (AvgIpc) is 3.25. The molecule has 37 heavy (non-hydrogen) atoms. The third-order valence-electron chi connectivity index (χ3n) is 7.69. The number of methoxy groups -OCH3 is 1. The van der Waals surface area contributed by atoms with Crippen LogP contribution in [0.1, 0.15) is 43.2 Å². The first-order chi connectivity index (χ1) is 17.8. The lowest BCUT2D eigenvalue weighted by Crippen LogP contribution is -2.37. The number of hydrogen-bond donors (Lipinski definition) is 2. The monoisotopic (exact) mass is 499 g/mol. The molecule has 0 bridgehead atoms. The molecule has 2 aromatic heterocycles. The number of furan rings is 1. The van der Waals surface area contributed by atoms with Gasteiger partial charge in [-0.25, -0.2) is 0 Å². The standard InChI is InChI=1S/C30H33N3O4/c1-19-28(23-9-5-6-10-25(23)31-19)29-24(30(29,2)3)16-27(35)33(17-22-8-7-15-37-22)18-26(34)32-20-11-13-21(36-4)14-12-20/h5-15,24,29,31H,16-18H2,1-4H3,(H,32,34)/t24-,29+/m1/s1. The summed E-state index contributed by atoms with van der Waals surface area (Å²) in [7, 11) is 1.59. The first-order valence-electron chi connectivity index (χ1n) is 12.6. The summed E-state index contributed by atoms with van der Waals surface area (Å²) in [5.74, 6) is 1.49. The van der Waals surface area contributed by atoms with Crippen molar-refractivity contribution in [2.75, 3.05) is 19.0 Å². The Morgan fingerprint density at radius 1 is 1.08 bits per heavy atom. The van der Waals surface area contributed by atoms with E-state index in [0.29, 0.717) is 23.6 Å². The quantitative estimate of drug-likeness (QED) is 0.301. The number of H-pyrrole nitrogens is 1. The minimum atomic E-state index is -0.260. The normalized spacial score (nSPS) is 17.9. The molecule has 2 heterocycles. The Balaban J connectivity index is 1.31. The minimum Gasteiger partial charge on any atom is -0.497 e. The van der Waals surface area contributed by atoms with Gasteiger partial charge in [-0.05, 0) is 72.2 Å². The molecule has 2 N–H and O–H groups in total. The third kappa shape index (κ3) is 4.99. The molecule has 7 heteroatoms. The van der Waals surface area contributed by atoms with Crippen molar-refractivity contribution in [3.63, 3.8) is 0 Å². The Labute approximate surface area is 216 Å². The maximum atomic E-state index is 13.6. The van der Waals surface area contributed by atoms with Gasteiger partial charge in [0.1, 0.15) is 18.1 Å². The summed E-state index contributed by atoms with van der Waals surface area (Å²) in [6.07, 6.45) is 1.95. The lowest BCUT2D eigenvalue weighted by Gasteiger charge is -2.22. The molecule has 2 atom stereocenters. The van der Waals surface area contributed by atoms with Crippen LogP contribution in [0, 0.1) is 18.3 Å². The van der Waals surface area contributed by atoms with Crippen molar-refractivity contribution in [1.29, 1.82) is 0 Å². The SMILES string of the molecule is COc1ccc(NC(=O)CN(Cc2ccco2)C(=O)C[C@@H]2[C@@H](c3c(C)[nH]c4ccccc34)C2(C)C)cc1. The van der Waals surface area contributed by atoms with Crippen LogP contribution in [0.25, 0.3) is 10.9 Å². The summed E-state index contributed by atoms with van der Waals surface area (Å²) in [6.45, 7) is 6.74. The lowest BCUT2D eigenvalue weighted by atomic mass is 10.0. The number of aryl methyl sites for hydroxylation is 1. The zero-order chi connectivity index (χ0) is 26.2. The number of hydrogen-bond acceptors (Lipinski definition) is 4. The number of para-hydroxylation sites is 1. The highest BCUT2D eigenvalue weighted by Gasteiger charge is 2.59. The second-order valence-corrected chi connectivity index (χ2v) is 10.4. The molecule has 5 rings (SSSR count). The largest absolute Gasteiger partial charge is 0.497 e. The molecule has 2 amide bonds. The summed E-state index contributed by atoms with van der Waals surface area (Å²) in [4.78, 5) is 31.6. The van der Waals surface area contributed by atoms with Gasteiger partial charge in [0.05, 0.1) is 19.9 Å². The van der Waals surface area contributed by atoms with Gasteiger partial charge in [0.2, 0.25) is 11.8 Å². The molecule has 1 aliphatic rings. The molecule has 1 aliphatic carbocycles. The highest BCUT2D eigenvalue weighted by molar-refractivity contribution is 5.94. The van der Waals surface area contributed by atoms with Gasteiger partial charge < -0.3 is 24.4 Å². The van der Waals surface area contributed by atoms with Crippen molar-refractivity contribution in [3.8, 4) is 5.75 Å². The Bertz CT molecular complexity index is 1400. The molecule has 0 spiro atoms. The van der Waals surface area contributed by atoms with E-state index in [0.717, 1.165) is 11.2 Å². The Kier molecular flexibility index (Phi) is 6.54. The van der Waals surface area contributed by atoms with Gasteiger partial charge >= 0.3 is 0 Å². The van der Waals surface area contributed by atoms with Crippen LogP contribution in [-0.2, 0) is 16.1 Å². The predicted molar refractivity (Wildman–Crippen MR) is 143 cm³/mol. The van der Waals surface area contributed by atoms with E-state index in [4.69, 9.17) is 9.15 Å². The fourth-order valence-corrected chi connectivity index (χ4v) is 5.59. The van der Waals surface area contributed by atoms with E-state index < -0.39 is 0 Å². The number of aromatic nitrogens is 1. The summed E-state index contributed by atoms with van der Waals surface area (Å²) in [5, 5.41) is 4.10. The third-order valence-corrected chi connectivity index (χ3v) is 7.69. The number of fused-ring (bicyclic) bond motifs is 1. The van der Waals surface area contributed by atoms with Crippen molar-refractivity contribution >= 4 is 28.4 Å². The van der Waals surface area contributed by atoms with Gasteiger partial charge in [0.15, 0.2) is 0 Å². The highest BCUT2D eigenvalue weighted by Crippen LogP contribution is 2.67. The topological polar surface area (TPSA) is 87.6 Å². The second-order valence-electron chi connectivity index (χ2n) is 10.4. The van der Waals surface area contributed by atoms with Crippen LogP contribution in [0.15, 0.2) is 71.3 Å². The van der Waals surface area contributed by atoms with Crippen LogP contribution >= 0.6 is 0 Å². The predicted octanol–water partition coefficient (Wildman–Crippen LogP) is 5.88. The molecule has 4 aromatic rings. The molecule has 0 radical (unpaired) electrons. The molecule has 0 aliphatic heterocycles. The summed E-state index contributed by atoms with van der Waals surface area (Å²) in [6, 6.07) is 19.0. The van der Waals surface area contributed by atoms with Crippen LogP contribution in [-0.4, -0.2) is 35.4 Å². The Morgan fingerprint density at radius 3 is 2.54 bits per heavy atom. The van der Waals surface area contributed by atoms with E-state index in [2.05, 4.69) is 49.3 Å². The zero-order valence-electron chi connectivity index (χ0n) is 21.7. The number of nitrogens with zero attached hydrogens (tertiary/aromatic N) is 1. The van der Waals surface area contributed by atoms with Crippen molar-refractivity contribution in [2.45, 2.75) is 39.7 Å². The summed E-state index contributed by atoms with van der Waals surface area (Å²) in [5.41, 5.74) is 4.20. The number of ether oxygens (including phenoxy) is 1. The number of carbonyl (C=O) groups is 2. The van der Waals surface area contributed by atoms with E-state index in [1.54, 1.807) is 48.6 Å². The van der Waals surface area contributed by atoms with Gasteiger partial charge in [-0.1, -0.05) is 32.0 Å². The molecule has 0 unspecified atom stereocenters. The van der Waals surface area contributed by atoms with Crippen LogP contribution in [0.4, 0.5) is 5.69 Å². The number of carbonyl (C=O) groups excluding carboxylic acids is 2.